The van der Waals surface area contributed by atoms with Gasteiger partial charge in [0.2, 0.25) is 0 Å². The molecule has 2 aliphatic rings. The quantitative estimate of drug-likeness (QED) is 0.929. The number of ether oxygens (including phenoxy) is 1. The van der Waals surface area contributed by atoms with Crippen molar-refractivity contribution < 1.29 is 14.6 Å². The zero-order chi connectivity index (χ0) is 15.9. The van der Waals surface area contributed by atoms with Crippen LogP contribution in [0.15, 0.2) is 6.20 Å². The summed E-state index contributed by atoms with van der Waals surface area (Å²) in [5, 5.41) is 14.3. The van der Waals surface area contributed by atoms with Gasteiger partial charge in [-0.1, -0.05) is 0 Å². The van der Waals surface area contributed by atoms with Crippen LogP contribution in [0, 0.1) is 5.92 Å². The number of hydrogen-bond donors (Lipinski definition) is 1. The molecule has 1 fully saturated rings. The van der Waals surface area contributed by atoms with Crippen molar-refractivity contribution in [2.45, 2.75) is 58.2 Å². The lowest BCUT2D eigenvalue weighted by Gasteiger charge is -2.32. The highest BCUT2D eigenvalue weighted by Gasteiger charge is 2.33. The number of nitrogens with zero attached hydrogens (tertiary/aromatic N) is 3. The van der Waals surface area contributed by atoms with Crippen molar-refractivity contribution >= 4 is 6.09 Å². The molecule has 1 saturated carbocycles. The highest BCUT2D eigenvalue weighted by Crippen LogP contribution is 2.32. The van der Waals surface area contributed by atoms with E-state index in [4.69, 9.17) is 4.74 Å². The number of hydrogen-bond acceptors (Lipinski definition) is 4. The summed E-state index contributed by atoms with van der Waals surface area (Å²) in [6, 6.07) is 0. The van der Waals surface area contributed by atoms with Crippen molar-refractivity contribution in [3.63, 3.8) is 0 Å². The molecule has 0 aromatic carbocycles. The Labute approximate surface area is 131 Å². The maximum absolute atomic E-state index is 12.3. The minimum absolute atomic E-state index is 0.00720. The van der Waals surface area contributed by atoms with Crippen molar-refractivity contribution in [3.05, 3.63) is 17.5 Å². The number of amides is 1. The summed E-state index contributed by atoms with van der Waals surface area (Å²) in [5.74, 6) is 0.618. The average Bonchev–Trinajstić information content (AvgIpc) is 3.13. The van der Waals surface area contributed by atoms with Gasteiger partial charge in [-0.3, -0.25) is 4.68 Å². The van der Waals surface area contributed by atoms with E-state index in [0.29, 0.717) is 13.1 Å². The van der Waals surface area contributed by atoms with Gasteiger partial charge in [0, 0.05) is 30.8 Å². The van der Waals surface area contributed by atoms with E-state index in [0.717, 1.165) is 23.7 Å². The van der Waals surface area contributed by atoms with E-state index in [-0.39, 0.29) is 18.6 Å². The van der Waals surface area contributed by atoms with Gasteiger partial charge >= 0.3 is 6.09 Å². The van der Waals surface area contributed by atoms with Crippen molar-refractivity contribution in [1.82, 2.24) is 14.7 Å². The van der Waals surface area contributed by atoms with Crippen molar-refractivity contribution in [2.24, 2.45) is 5.92 Å². The molecule has 1 aliphatic carbocycles. The van der Waals surface area contributed by atoms with Crippen LogP contribution in [0.1, 0.15) is 50.8 Å². The first-order valence-corrected chi connectivity index (χ1v) is 8.00. The van der Waals surface area contributed by atoms with Gasteiger partial charge in [0.1, 0.15) is 5.60 Å². The van der Waals surface area contributed by atoms with Crippen LogP contribution in [-0.4, -0.2) is 44.6 Å². The number of aliphatic hydroxyl groups excluding tert-OH is 1. The Bertz CT molecular complexity index is 557. The van der Waals surface area contributed by atoms with Gasteiger partial charge in [-0.15, -0.1) is 0 Å². The Morgan fingerprint density at radius 2 is 2.18 bits per heavy atom. The maximum atomic E-state index is 12.3. The highest BCUT2D eigenvalue weighted by molar-refractivity contribution is 5.68. The second kappa shape index (κ2) is 5.57. The lowest BCUT2D eigenvalue weighted by Crippen LogP contribution is -2.42. The fourth-order valence-electron chi connectivity index (χ4n) is 2.83. The monoisotopic (exact) mass is 307 g/mol. The minimum atomic E-state index is -0.512. The fraction of sp³-hybridized carbons (Fsp3) is 0.750. The van der Waals surface area contributed by atoms with Crippen LogP contribution in [0.5, 0.6) is 0 Å². The molecule has 1 unspecified atom stereocenters. The summed E-state index contributed by atoms with van der Waals surface area (Å²) in [5.41, 5.74) is 1.45. The summed E-state index contributed by atoms with van der Waals surface area (Å²) in [4.78, 5) is 13.9. The van der Waals surface area contributed by atoms with E-state index in [1.165, 1.54) is 12.8 Å². The molecule has 2 heterocycles. The van der Waals surface area contributed by atoms with Crippen LogP contribution in [0.4, 0.5) is 4.79 Å². The predicted molar refractivity (Wildman–Crippen MR) is 81.4 cm³/mol. The summed E-state index contributed by atoms with van der Waals surface area (Å²) in [6.45, 7) is 7.47. The molecule has 3 rings (SSSR count). The van der Waals surface area contributed by atoms with Gasteiger partial charge in [0.25, 0.3) is 0 Å². The summed E-state index contributed by atoms with van der Waals surface area (Å²) in [7, 11) is 0. The van der Waals surface area contributed by atoms with Crippen LogP contribution in [0.25, 0.3) is 0 Å². The molecule has 1 atom stereocenters. The number of aromatic nitrogens is 2. The number of carbonyl (C=O) groups is 1. The summed E-state index contributed by atoms with van der Waals surface area (Å²) >= 11 is 0. The largest absolute Gasteiger partial charge is 0.444 e. The predicted octanol–water partition coefficient (Wildman–Crippen LogP) is 2.12. The molecule has 0 radical (unpaired) electrons. The average molecular weight is 307 g/mol. The molecule has 1 aromatic heterocycles. The van der Waals surface area contributed by atoms with Crippen LogP contribution in [0.2, 0.25) is 0 Å². The van der Waals surface area contributed by atoms with E-state index in [1.54, 1.807) is 4.90 Å². The third-order valence-corrected chi connectivity index (χ3v) is 4.07. The van der Waals surface area contributed by atoms with E-state index >= 15 is 0 Å². The summed E-state index contributed by atoms with van der Waals surface area (Å²) in [6.07, 6.45) is 4.24. The van der Waals surface area contributed by atoms with Crippen LogP contribution in [0.3, 0.4) is 0 Å². The molecular formula is C16H25N3O3. The van der Waals surface area contributed by atoms with E-state index in [9.17, 15) is 9.90 Å². The molecule has 1 aromatic rings. The second-order valence-corrected chi connectivity index (χ2v) is 7.45. The third-order valence-electron chi connectivity index (χ3n) is 4.07. The van der Waals surface area contributed by atoms with Crippen LogP contribution < -0.4 is 0 Å². The van der Waals surface area contributed by atoms with Crippen LogP contribution in [-0.2, 0) is 17.8 Å². The third kappa shape index (κ3) is 3.43. The Morgan fingerprint density at radius 3 is 2.77 bits per heavy atom. The number of carbonyl (C=O) groups excluding carboxylic acids is 1. The van der Waals surface area contributed by atoms with E-state index in [1.807, 2.05) is 31.6 Å². The SMILES string of the molecule is CC(C)(C)OC(=O)N1Cc2cn(CC3CC3)nc2C(CO)C1. The standard InChI is InChI=1S/C16H25N3O3/c1-16(2,3)22-15(21)18-7-12-9-19(6-11-4-5-11)17-14(12)13(8-18)10-20/h9,11,13,20H,4-8,10H2,1-3H3. The molecule has 1 aliphatic heterocycles. The first-order chi connectivity index (χ1) is 10.4. The van der Waals surface area contributed by atoms with Crippen molar-refractivity contribution in [2.75, 3.05) is 13.2 Å². The fourth-order valence-corrected chi connectivity index (χ4v) is 2.83. The molecule has 0 bridgehead atoms. The van der Waals surface area contributed by atoms with Crippen molar-refractivity contribution in [3.8, 4) is 0 Å². The molecule has 6 heteroatoms. The second-order valence-electron chi connectivity index (χ2n) is 7.45. The molecule has 0 saturated heterocycles. The zero-order valence-corrected chi connectivity index (χ0v) is 13.6. The normalized spacial score (nSPS) is 21.6. The number of aliphatic hydroxyl groups is 1. The Kier molecular flexibility index (Phi) is 3.89. The first-order valence-electron chi connectivity index (χ1n) is 8.00. The van der Waals surface area contributed by atoms with E-state index in [2.05, 4.69) is 5.10 Å². The van der Waals surface area contributed by atoms with Gasteiger partial charge in [0.15, 0.2) is 0 Å². The smallest absolute Gasteiger partial charge is 0.410 e. The van der Waals surface area contributed by atoms with Crippen molar-refractivity contribution in [1.29, 1.82) is 0 Å². The Morgan fingerprint density at radius 1 is 1.45 bits per heavy atom. The minimum Gasteiger partial charge on any atom is -0.444 e. The van der Waals surface area contributed by atoms with Gasteiger partial charge in [0.05, 0.1) is 18.8 Å². The van der Waals surface area contributed by atoms with E-state index < -0.39 is 5.60 Å². The number of fused-ring (bicyclic) bond motifs is 1. The molecule has 1 N–H and O–H groups in total. The zero-order valence-electron chi connectivity index (χ0n) is 13.6. The Balaban J connectivity index is 1.75. The van der Waals surface area contributed by atoms with Gasteiger partial charge in [-0.25, -0.2) is 4.79 Å². The van der Waals surface area contributed by atoms with Gasteiger partial charge in [-0.2, -0.15) is 5.10 Å². The summed E-state index contributed by atoms with van der Waals surface area (Å²) < 4.78 is 7.42. The lowest BCUT2D eigenvalue weighted by atomic mass is 9.98. The molecule has 0 spiro atoms. The Hall–Kier alpha value is -1.56. The highest BCUT2D eigenvalue weighted by atomic mass is 16.6. The molecule has 22 heavy (non-hydrogen) atoms. The van der Waals surface area contributed by atoms with Gasteiger partial charge < -0.3 is 14.7 Å². The molecule has 6 nitrogen and oxygen atoms in total. The molecule has 122 valence electrons. The topological polar surface area (TPSA) is 67.6 Å². The maximum Gasteiger partial charge on any atom is 0.410 e. The van der Waals surface area contributed by atoms with Crippen LogP contribution >= 0.6 is 0 Å². The first kappa shape index (κ1) is 15.3. The lowest BCUT2D eigenvalue weighted by molar-refractivity contribution is 0.0189. The molecular weight excluding hydrogens is 282 g/mol. The number of rotatable bonds is 3. The van der Waals surface area contributed by atoms with Gasteiger partial charge in [-0.05, 0) is 39.5 Å². The molecule has 1 amide bonds.